The molecule has 8 heteroatoms. The fraction of sp³-hybridized carbons (Fsp3) is 0.533. The van der Waals surface area contributed by atoms with Crippen LogP contribution in [0.2, 0.25) is 0 Å². The highest BCUT2D eigenvalue weighted by Crippen LogP contribution is 2.21. The summed E-state index contributed by atoms with van der Waals surface area (Å²) in [5.41, 5.74) is 0.629. The van der Waals surface area contributed by atoms with Gasteiger partial charge in [-0.1, -0.05) is 12.1 Å². The van der Waals surface area contributed by atoms with Crippen LogP contribution >= 0.6 is 0 Å². The van der Waals surface area contributed by atoms with Crippen molar-refractivity contribution < 1.29 is 22.3 Å². The number of carbonyl (C=O) groups is 1. The summed E-state index contributed by atoms with van der Waals surface area (Å²) < 4.78 is 43.7. The van der Waals surface area contributed by atoms with Crippen molar-refractivity contribution in [3.05, 3.63) is 35.6 Å². The largest absolute Gasteiger partial charge is 0.369 e. The molecule has 2 aliphatic rings. The third-order valence-electron chi connectivity index (χ3n) is 4.11. The lowest BCUT2D eigenvalue weighted by Gasteiger charge is -2.44. The molecule has 0 saturated carbocycles. The maximum Gasteiger partial charge on any atom is 0.227 e. The number of halogens is 1. The standard InChI is InChI=1S/C15H19FN2O4S/c1-23(20,21)18-9-13-7-17(8-14(10-18)22-13)15(19)6-11-3-2-4-12(16)5-11/h2-5,13-14H,6-10H2,1H3. The molecule has 1 aromatic rings. The summed E-state index contributed by atoms with van der Waals surface area (Å²) in [5, 5.41) is 0. The first-order chi connectivity index (χ1) is 10.8. The topological polar surface area (TPSA) is 66.9 Å². The molecule has 2 atom stereocenters. The predicted molar refractivity (Wildman–Crippen MR) is 81.8 cm³/mol. The number of hydrogen-bond acceptors (Lipinski definition) is 4. The number of nitrogens with zero attached hydrogens (tertiary/aromatic N) is 2. The molecule has 3 rings (SSSR count). The average Bonchev–Trinajstić information content (AvgIpc) is 2.45. The smallest absolute Gasteiger partial charge is 0.227 e. The minimum absolute atomic E-state index is 0.0956. The first kappa shape index (κ1) is 16.4. The summed E-state index contributed by atoms with van der Waals surface area (Å²) in [4.78, 5) is 14.1. The fourth-order valence-corrected chi connectivity index (χ4v) is 3.94. The quantitative estimate of drug-likeness (QED) is 0.789. The molecule has 126 valence electrons. The lowest BCUT2D eigenvalue weighted by atomic mass is 10.1. The molecule has 0 aliphatic carbocycles. The minimum Gasteiger partial charge on any atom is -0.369 e. The minimum atomic E-state index is -3.25. The molecule has 0 aromatic heterocycles. The third kappa shape index (κ3) is 3.88. The number of carbonyl (C=O) groups excluding carboxylic acids is 1. The van der Waals surface area contributed by atoms with E-state index in [1.165, 1.54) is 22.7 Å². The molecule has 1 aromatic carbocycles. The Balaban J connectivity index is 1.64. The molecule has 23 heavy (non-hydrogen) atoms. The van der Waals surface area contributed by atoms with E-state index in [4.69, 9.17) is 4.74 Å². The molecule has 2 bridgehead atoms. The number of sulfonamides is 1. The Morgan fingerprint density at radius 2 is 1.91 bits per heavy atom. The van der Waals surface area contributed by atoms with Crippen LogP contribution < -0.4 is 0 Å². The summed E-state index contributed by atoms with van der Waals surface area (Å²) in [5.74, 6) is -0.459. The molecule has 2 aliphatic heterocycles. The Kier molecular flexibility index (Phi) is 4.39. The molecule has 2 saturated heterocycles. The lowest BCUT2D eigenvalue weighted by molar-refractivity contribution is -0.153. The van der Waals surface area contributed by atoms with Crippen molar-refractivity contribution in [3.63, 3.8) is 0 Å². The summed E-state index contributed by atoms with van der Waals surface area (Å²) in [6, 6.07) is 5.99. The van der Waals surface area contributed by atoms with E-state index in [-0.39, 0.29) is 43.4 Å². The summed E-state index contributed by atoms with van der Waals surface area (Å²) in [6.45, 7) is 1.24. The van der Waals surface area contributed by atoms with Gasteiger partial charge in [0.15, 0.2) is 0 Å². The number of rotatable bonds is 3. The van der Waals surface area contributed by atoms with Gasteiger partial charge < -0.3 is 9.64 Å². The first-order valence-corrected chi connectivity index (χ1v) is 9.29. The van der Waals surface area contributed by atoms with Gasteiger partial charge in [-0.25, -0.2) is 12.8 Å². The normalized spacial score (nSPS) is 25.4. The number of ether oxygens (including phenoxy) is 1. The van der Waals surface area contributed by atoms with Gasteiger partial charge in [-0.3, -0.25) is 4.79 Å². The van der Waals surface area contributed by atoms with Gasteiger partial charge in [-0.05, 0) is 17.7 Å². The Hall–Kier alpha value is -1.51. The number of fused-ring (bicyclic) bond motifs is 2. The number of hydrogen-bond donors (Lipinski definition) is 0. The second-order valence-corrected chi connectivity index (χ2v) is 8.05. The van der Waals surface area contributed by atoms with Crippen molar-refractivity contribution in [2.45, 2.75) is 18.6 Å². The van der Waals surface area contributed by atoms with E-state index in [0.29, 0.717) is 18.7 Å². The first-order valence-electron chi connectivity index (χ1n) is 7.44. The Morgan fingerprint density at radius 3 is 2.48 bits per heavy atom. The average molecular weight is 342 g/mol. The van der Waals surface area contributed by atoms with Crippen LogP contribution in [-0.2, 0) is 26.0 Å². The van der Waals surface area contributed by atoms with E-state index >= 15 is 0 Å². The molecule has 2 heterocycles. The third-order valence-corrected chi connectivity index (χ3v) is 5.35. The highest BCUT2D eigenvalue weighted by Gasteiger charge is 2.39. The maximum atomic E-state index is 13.2. The van der Waals surface area contributed by atoms with E-state index in [1.54, 1.807) is 17.0 Å². The second kappa shape index (κ2) is 6.18. The van der Waals surface area contributed by atoms with Crippen molar-refractivity contribution in [1.82, 2.24) is 9.21 Å². The predicted octanol–water partition coefficient (Wildman–Crippen LogP) is 0.239. The van der Waals surface area contributed by atoms with Gasteiger partial charge in [0.1, 0.15) is 5.82 Å². The van der Waals surface area contributed by atoms with Crippen molar-refractivity contribution in [2.24, 2.45) is 0 Å². The van der Waals surface area contributed by atoms with Crippen molar-refractivity contribution in [2.75, 3.05) is 32.4 Å². The zero-order valence-corrected chi connectivity index (χ0v) is 13.6. The van der Waals surface area contributed by atoms with E-state index in [1.807, 2.05) is 0 Å². The maximum absolute atomic E-state index is 13.2. The molecular weight excluding hydrogens is 323 g/mol. The van der Waals surface area contributed by atoms with Crippen LogP contribution in [0.1, 0.15) is 5.56 Å². The Morgan fingerprint density at radius 1 is 1.26 bits per heavy atom. The number of benzene rings is 1. The number of amides is 1. The monoisotopic (exact) mass is 342 g/mol. The molecule has 0 radical (unpaired) electrons. The molecule has 1 amide bonds. The molecule has 6 nitrogen and oxygen atoms in total. The SMILES string of the molecule is CS(=O)(=O)N1CC2CN(C(=O)Cc3cccc(F)c3)CC(C1)O2. The van der Waals surface area contributed by atoms with Crippen LogP contribution in [0, 0.1) is 5.82 Å². The van der Waals surface area contributed by atoms with Crippen LogP contribution in [0.5, 0.6) is 0 Å². The van der Waals surface area contributed by atoms with Crippen LogP contribution in [0.4, 0.5) is 4.39 Å². The highest BCUT2D eigenvalue weighted by molar-refractivity contribution is 7.88. The molecule has 0 N–H and O–H groups in total. The summed E-state index contributed by atoms with van der Waals surface area (Å²) in [7, 11) is -3.25. The van der Waals surface area contributed by atoms with Gasteiger partial charge in [0.2, 0.25) is 15.9 Å². The van der Waals surface area contributed by atoms with E-state index in [2.05, 4.69) is 0 Å². The van der Waals surface area contributed by atoms with Gasteiger partial charge in [0, 0.05) is 26.2 Å². The fourth-order valence-electron chi connectivity index (χ4n) is 3.06. The van der Waals surface area contributed by atoms with Crippen molar-refractivity contribution >= 4 is 15.9 Å². The Bertz CT molecular complexity index is 695. The second-order valence-electron chi connectivity index (χ2n) is 6.07. The highest BCUT2D eigenvalue weighted by atomic mass is 32.2. The van der Waals surface area contributed by atoms with Crippen LogP contribution in [0.15, 0.2) is 24.3 Å². The number of morpholine rings is 2. The lowest BCUT2D eigenvalue weighted by Crippen LogP contribution is -2.61. The van der Waals surface area contributed by atoms with Gasteiger partial charge in [-0.2, -0.15) is 4.31 Å². The van der Waals surface area contributed by atoms with E-state index in [9.17, 15) is 17.6 Å². The summed E-state index contributed by atoms with van der Waals surface area (Å²) in [6.07, 6.45) is 0.691. The van der Waals surface area contributed by atoms with Gasteiger partial charge >= 0.3 is 0 Å². The molecule has 0 spiro atoms. The van der Waals surface area contributed by atoms with Crippen LogP contribution in [-0.4, -0.2) is 68.2 Å². The van der Waals surface area contributed by atoms with Gasteiger partial charge in [-0.15, -0.1) is 0 Å². The summed E-state index contributed by atoms with van der Waals surface area (Å²) >= 11 is 0. The molecule has 2 fully saturated rings. The van der Waals surface area contributed by atoms with Crippen LogP contribution in [0.3, 0.4) is 0 Å². The zero-order valence-electron chi connectivity index (χ0n) is 12.8. The Labute approximate surface area is 134 Å². The van der Waals surface area contributed by atoms with Crippen molar-refractivity contribution in [1.29, 1.82) is 0 Å². The molecule has 2 unspecified atom stereocenters. The molecular formula is C15H19FN2O4S. The van der Waals surface area contributed by atoms with E-state index in [0.717, 1.165) is 0 Å². The van der Waals surface area contributed by atoms with Crippen molar-refractivity contribution in [3.8, 4) is 0 Å². The van der Waals surface area contributed by atoms with Gasteiger partial charge in [0.25, 0.3) is 0 Å². The van der Waals surface area contributed by atoms with Crippen LogP contribution in [0.25, 0.3) is 0 Å². The van der Waals surface area contributed by atoms with E-state index < -0.39 is 10.0 Å². The van der Waals surface area contributed by atoms with Gasteiger partial charge in [0.05, 0.1) is 24.9 Å². The zero-order chi connectivity index (χ0) is 16.6.